The molecule has 2 rings (SSSR count). The number of aromatic nitrogens is 2. The Labute approximate surface area is 95.9 Å². The molecule has 3 heteroatoms. The van der Waals surface area contributed by atoms with Crippen molar-refractivity contribution in [2.45, 2.75) is 20.8 Å². The molecule has 0 aliphatic carbocycles. The number of nitrogens with zero attached hydrogens (tertiary/aromatic N) is 2. The van der Waals surface area contributed by atoms with Crippen LogP contribution < -0.4 is 5.73 Å². The van der Waals surface area contributed by atoms with Crippen LogP contribution in [0, 0.1) is 20.8 Å². The monoisotopic (exact) mass is 215 g/mol. The van der Waals surface area contributed by atoms with Gasteiger partial charge in [-0.05, 0) is 32.4 Å². The van der Waals surface area contributed by atoms with Gasteiger partial charge in [0.25, 0.3) is 0 Å². The van der Waals surface area contributed by atoms with Gasteiger partial charge in [0.15, 0.2) is 0 Å². The molecule has 84 valence electrons. The third-order valence-corrected chi connectivity index (χ3v) is 2.99. The van der Waals surface area contributed by atoms with Gasteiger partial charge in [0.05, 0.1) is 5.69 Å². The molecule has 2 aromatic rings. The molecule has 3 nitrogen and oxygen atoms in total. The van der Waals surface area contributed by atoms with Gasteiger partial charge in [-0.25, -0.2) is 0 Å². The zero-order valence-corrected chi connectivity index (χ0v) is 10.2. The standard InChI is InChI=1S/C13H17N3/c1-8-5-6-11(12(14)7-8)13-9(2)15-16(4)10(13)3/h5-7H,14H2,1-4H3. The Balaban J connectivity index is 2.67. The van der Waals surface area contributed by atoms with Gasteiger partial charge in [-0.15, -0.1) is 0 Å². The largest absolute Gasteiger partial charge is 0.398 e. The van der Waals surface area contributed by atoms with Crippen molar-refractivity contribution in [3.8, 4) is 11.1 Å². The van der Waals surface area contributed by atoms with Crippen LogP contribution in [0.3, 0.4) is 0 Å². The zero-order valence-electron chi connectivity index (χ0n) is 10.2. The van der Waals surface area contributed by atoms with Crippen LogP contribution in [0.1, 0.15) is 17.0 Å². The van der Waals surface area contributed by atoms with Gasteiger partial charge >= 0.3 is 0 Å². The molecule has 1 aromatic heterocycles. The minimum absolute atomic E-state index is 0.819. The molecule has 2 N–H and O–H groups in total. The van der Waals surface area contributed by atoms with E-state index in [1.54, 1.807) is 0 Å². The molecular formula is C13H17N3. The van der Waals surface area contributed by atoms with Crippen molar-refractivity contribution in [3.05, 3.63) is 35.2 Å². The lowest BCUT2D eigenvalue weighted by Crippen LogP contribution is -1.94. The minimum Gasteiger partial charge on any atom is -0.398 e. The Hall–Kier alpha value is -1.77. The van der Waals surface area contributed by atoms with Crippen molar-refractivity contribution in [2.24, 2.45) is 7.05 Å². The molecule has 0 saturated heterocycles. The van der Waals surface area contributed by atoms with E-state index in [1.165, 1.54) is 5.56 Å². The van der Waals surface area contributed by atoms with Crippen molar-refractivity contribution in [3.63, 3.8) is 0 Å². The third kappa shape index (κ3) is 1.58. The van der Waals surface area contributed by atoms with Crippen molar-refractivity contribution in [1.29, 1.82) is 0 Å². The SMILES string of the molecule is Cc1ccc(-c2c(C)nn(C)c2C)c(N)c1. The van der Waals surface area contributed by atoms with E-state index in [1.807, 2.05) is 31.6 Å². The lowest BCUT2D eigenvalue weighted by molar-refractivity contribution is 0.731. The summed E-state index contributed by atoms with van der Waals surface area (Å²) in [5, 5.41) is 4.41. The lowest BCUT2D eigenvalue weighted by Gasteiger charge is -2.07. The highest BCUT2D eigenvalue weighted by Gasteiger charge is 2.13. The molecule has 0 bridgehead atoms. The molecule has 0 aliphatic heterocycles. The summed E-state index contributed by atoms with van der Waals surface area (Å²) in [5.41, 5.74) is 12.5. The summed E-state index contributed by atoms with van der Waals surface area (Å²) < 4.78 is 1.89. The van der Waals surface area contributed by atoms with Gasteiger partial charge in [-0.1, -0.05) is 12.1 Å². The highest BCUT2D eigenvalue weighted by molar-refractivity contribution is 5.79. The molecule has 0 amide bonds. The second-order valence-electron chi connectivity index (χ2n) is 4.26. The summed E-state index contributed by atoms with van der Waals surface area (Å²) in [7, 11) is 1.95. The molecule has 0 radical (unpaired) electrons. The topological polar surface area (TPSA) is 43.8 Å². The molecule has 0 spiro atoms. The number of nitrogens with two attached hydrogens (primary N) is 1. The van der Waals surface area contributed by atoms with Gasteiger partial charge in [-0.2, -0.15) is 5.10 Å². The molecular weight excluding hydrogens is 198 g/mol. The number of hydrogen-bond donors (Lipinski definition) is 1. The Kier molecular flexibility index (Phi) is 2.46. The van der Waals surface area contributed by atoms with E-state index in [0.717, 1.165) is 28.2 Å². The molecule has 0 atom stereocenters. The van der Waals surface area contributed by atoms with E-state index >= 15 is 0 Å². The summed E-state index contributed by atoms with van der Waals surface area (Å²) in [4.78, 5) is 0. The zero-order chi connectivity index (χ0) is 11.9. The summed E-state index contributed by atoms with van der Waals surface area (Å²) in [6, 6.07) is 6.15. The molecule has 16 heavy (non-hydrogen) atoms. The fourth-order valence-electron chi connectivity index (χ4n) is 2.07. The number of rotatable bonds is 1. The van der Waals surface area contributed by atoms with E-state index in [0.29, 0.717) is 0 Å². The summed E-state index contributed by atoms with van der Waals surface area (Å²) >= 11 is 0. The predicted molar refractivity (Wildman–Crippen MR) is 67.3 cm³/mol. The first-order valence-corrected chi connectivity index (χ1v) is 5.37. The van der Waals surface area contributed by atoms with E-state index in [-0.39, 0.29) is 0 Å². The first-order chi connectivity index (χ1) is 7.50. The van der Waals surface area contributed by atoms with E-state index in [4.69, 9.17) is 5.73 Å². The smallest absolute Gasteiger partial charge is 0.0675 e. The van der Waals surface area contributed by atoms with E-state index in [9.17, 15) is 0 Å². The number of anilines is 1. The third-order valence-electron chi connectivity index (χ3n) is 2.99. The first-order valence-electron chi connectivity index (χ1n) is 5.37. The molecule has 1 aromatic carbocycles. The summed E-state index contributed by atoms with van der Waals surface area (Å²) in [6.07, 6.45) is 0. The highest BCUT2D eigenvalue weighted by atomic mass is 15.3. The van der Waals surface area contributed by atoms with Gasteiger partial charge in [-0.3, -0.25) is 4.68 Å². The van der Waals surface area contributed by atoms with Crippen molar-refractivity contribution in [2.75, 3.05) is 5.73 Å². The van der Waals surface area contributed by atoms with Gasteiger partial charge in [0, 0.05) is 29.6 Å². The quantitative estimate of drug-likeness (QED) is 0.743. The molecule has 0 fully saturated rings. The van der Waals surface area contributed by atoms with Crippen molar-refractivity contribution in [1.82, 2.24) is 9.78 Å². The molecule has 0 aliphatic rings. The fraction of sp³-hybridized carbons (Fsp3) is 0.308. The Morgan fingerprint density at radius 2 is 1.88 bits per heavy atom. The lowest BCUT2D eigenvalue weighted by atomic mass is 10.0. The van der Waals surface area contributed by atoms with Crippen LogP contribution in [0.2, 0.25) is 0 Å². The fourth-order valence-corrected chi connectivity index (χ4v) is 2.07. The maximum absolute atomic E-state index is 6.06. The Morgan fingerprint density at radius 1 is 1.19 bits per heavy atom. The maximum Gasteiger partial charge on any atom is 0.0675 e. The highest BCUT2D eigenvalue weighted by Crippen LogP contribution is 2.31. The van der Waals surface area contributed by atoms with Crippen molar-refractivity contribution < 1.29 is 0 Å². The van der Waals surface area contributed by atoms with Gasteiger partial charge < -0.3 is 5.73 Å². The summed E-state index contributed by atoms with van der Waals surface area (Å²) in [5.74, 6) is 0. The van der Waals surface area contributed by atoms with Crippen LogP contribution >= 0.6 is 0 Å². The molecule has 0 saturated carbocycles. The second kappa shape index (κ2) is 3.67. The minimum atomic E-state index is 0.819. The van der Waals surface area contributed by atoms with Crippen LogP contribution in [0.15, 0.2) is 18.2 Å². The van der Waals surface area contributed by atoms with Crippen LogP contribution in [0.25, 0.3) is 11.1 Å². The predicted octanol–water partition coefficient (Wildman–Crippen LogP) is 2.59. The van der Waals surface area contributed by atoms with Crippen LogP contribution in [0.4, 0.5) is 5.69 Å². The van der Waals surface area contributed by atoms with E-state index in [2.05, 4.69) is 24.2 Å². The molecule has 1 heterocycles. The van der Waals surface area contributed by atoms with Crippen LogP contribution in [0.5, 0.6) is 0 Å². The number of benzene rings is 1. The van der Waals surface area contributed by atoms with Gasteiger partial charge in [0.1, 0.15) is 0 Å². The maximum atomic E-state index is 6.06. The van der Waals surface area contributed by atoms with Crippen LogP contribution in [-0.4, -0.2) is 9.78 Å². The van der Waals surface area contributed by atoms with E-state index < -0.39 is 0 Å². The average Bonchev–Trinajstić information content (AvgIpc) is 2.43. The summed E-state index contributed by atoms with van der Waals surface area (Å²) in [6.45, 7) is 6.12. The normalized spacial score (nSPS) is 10.8. The Bertz CT molecular complexity index is 538. The van der Waals surface area contributed by atoms with Gasteiger partial charge in [0.2, 0.25) is 0 Å². The molecule has 0 unspecified atom stereocenters. The first kappa shape index (κ1) is 10.7. The second-order valence-corrected chi connectivity index (χ2v) is 4.26. The number of aryl methyl sites for hydroxylation is 3. The number of hydrogen-bond acceptors (Lipinski definition) is 2. The van der Waals surface area contributed by atoms with Crippen LogP contribution in [-0.2, 0) is 7.05 Å². The average molecular weight is 215 g/mol. The number of nitrogen functional groups attached to an aromatic ring is 1. The Morgan fingerprint density at radius 3 is 2.38 bits per heavy atom. The van der Waals surface area contributed by atoms with Crippen molar-refractivity contribution >= 4 is 5.69 Å².